The van der Waals surface area contributed by atoms with E-state index in [-0.39, 0.29) is 0 Å². The molecule has 1 nitrogen and oxygen atoms in total. The van der Waals surface area contributed by atoms with E-state index in [2.05, 4.69) is 12.2 Å². The van der Waals surface area contributed by atoms with Crippen LogP contribution in [-0.2, 0) is 0 Å². The first-order valence-electron chi connectivity index (χ1n) is 3.52. The normalized spacial score (nSPS) is 52.9. The largest absolute Gasteiger partial charge is 0.316 e. The van der Waals surface area contributed by atoms with E-state index < -0.39 is 0 Å². The molecule has 0 aromatic heterocycles. The molecule has 0 bridgehead atoms. The Bertz CT molecular complexity index is 111. The summed E-state index contributed by atoms with van der Waals surface area (Å²) in [6.45, 7) is 4.97. The molecule has 0 spiro atoms. The monoisotopic (exact) mass is 111 g/mol. The molecule has 1 N–H and O–H groups in total. The molecule has 1 aliphatic heterocycles. The van der Waals surface area contributed by atoms with Crippen LogP contribution in [0.1, 0.15) is 19.8 Å². The first-order valence-corrected chi connectivity index (χ1v) is 3.52. The lowest BCUT2D eigenvalue weighted by atomic mass is 9.64. The van der Waals surface area contributed by atoms with Crippen LogP contribution in [0.4, 0.5) is 0 Å². The predicted octanol–water partition coefficient (Wildman–Crippen LogP) is 1.01. The average Bonchev–Trinajstić information content (AvgIpc) is 1.94. The molecule has 0 radical (unpaired) electrons. The van der Waals surface area contributed by atoms with Gasteiger partial charge >= 0.3 is 0 Å². The van der Waals surface area contributed by atoms with Gasteiger partial charge in [0.05, 0.1) is 0 Å². The summed E-state index contributed by atoms with van der Waals surface area (Å²) in [6.07, 6.45) is 2.94. The van der Waals surface area contributed by atoms with Crippen molar-refractivity contribution in [3.05, 3.63) is 0 Å². The summed E-state index contributed by atoms with van der Waals surface area (Å²) in [5.74, 6) is 1.03. The molecule has 46 valence electrons. The van der Waals surface area contributed by atoms with Crippen molar-refractivity contribution in [2.24, 2.45) is 11.3 Å². The smallest absolute Gasteiger partial charge is 0.000841 e. The molecule has 0 aromatic rings. The Balaban J connectivity index is 2.14. The highest BCUT2D eigenvalue weighted by atomic mass is 14.9. The summed E-state index contributed by atoms with van der Waals surface area (Å²) >= 11 is 0. The molecular formula is C7H13N. The van der Waals surface area contributed by atoms with E-state index in [0.717, 1.165) is 11.3 Å². The zero-order valence-corrected chi connectivity index (χ0v) is 5.41. The number of rotatable bonds is 0. The van der Waals surface area contributed by atoms with Gasteiger partial charge in [0.2, 0.25) is 0 Å². The number of hydrogen-bond donors (Lipinski definition) is 1. The van der Waals surface area contributed by atoms with Gasteiger partial charge in [-0.1, -0.05) is 6.92 Å². The van der Waals surface area contributed by atoms with Crippen LogP contribution in [0.5, 0.6) is 0 Å². The second-order valence-corrected chi connectivity index (χ2v) is 3.52. The van der Waals surface area contributed by atoms with Crippen molar-refractivity contribution in [1.82, 2.24) is 5.32 Å². The third-order valence-corrected chi connectivity index (χ3v) is 2.97. The van der Waals surface area contributed by atoms with Crippen LogP contribution in [0.3, 0.4) is 0 Å². The van der Waals surface area contributed by atoms with Crippen molar-refractivity contribution in [3.8, 4) is 0 Å². The van der Waals surface area contributed by atoms with Crippen LogP contribution in [0.25, 0.3) is 0 Å². The molecule has 1 saturated carbocycles. The molecule has 2 rings (SSSR count). The number of nitrogens with one attached hydrogen (secondary N) is 1. The van der Waals surface area contributed by atoms with Crippen molar-refractivity contribution in [2.75, 3.05) is 13.1 Å². The molecule has 0 aromatic carbocycles. The van der Waals surface area contributed by atoms with Crippen molar-refractivity contribution < 1.29 is 0 Å². The molecule has 0 amide bonds. The van der Waals surface area contributed by atoms with Gasteiger partial charge in [-0.2, -0.15) is 0 Å². The van der Waals surface area contributed by atoms with Gasteiger partial charge in [0.15, 0.2) is 0 Å². The van der Waals surface area contributed by atoms with Gasteiger partial charge in [-0.05, 0) is 30.7 Å². The molecule has 2 atom stereocenters. The summed E-state index contributed by atoms with van der Waals surface area (Å²) in [5.41, 5.74) is 0.722. The summed E-state index contributed by atoms with van der Waals surface area (Å²) < 4.78 is 0. The maximum Gasteiger partial charge on any atom is 0.000841 e. The molecular weight excluding hydrogens is 98.1 g/mol. The number of fused-ring (bicyclic) bond motifs is 1. The highest BCUT2D eigenvalue weighted by molar-refractivity contribution is 4.99. The lowest BCUT2D eigenvalue weighted by Gasteiger charge is -2.40. The predicted molar refractivity (Wildman–Crippen MR) is 33.7 cm³/mol. The average molecular weight is 111 g/mol. The first-order chi connectivity index (χ1) is 3.81. The third kappa shape index (κ3) is 0.408. The van der Waals surface area contributed by atoms with Crippen molar-refractivity contribution in [2.45, 2.75) is 19.8 Å². The fourth-order valence-corrected chi connectivity index (χ4v) is 1.95. The minimum absolute atomic E-state index is 0.722. The highest BCUT2D eigenvalue weighted by Gasteiger charge is 2.45. The molecule has 1 heterocycles. The summed E-state index contributed by atoms with van der Waals surface area (Å²) in [7, 11) is 0. The molecule has 1 saturated heterocycles. The molecule has 2 aliphatic rings. The van der Waals surface area contributed by atoms with Crippen LogP contribution in [-0.4, -0.2) is 13.1 Å². The second kappa shape index (κ2) is 1.27. The van der Waals surface area contributed by atoms with Gasteiger partial charge in [0.25, 0.3) is 0 Å². The van der Waals surface area contributed by atoms with Gasteiger partial charge < -0.3 is 5.32 Å². The third-order valence-electron chi connectivity index (χ3n) is 2.97. The Morgan fingerprint density at radius 3 is 2.75 bits per heavy atom. The van der Waals surface area contributed by atoms with Crippen LogP contribution >= 0.6 is 0 Å². The number of hydrogen-bond acceptors (Lipinski definition) is 1. The Labute approximate surface area is 50.5 Å². The summed E-state index contributed by atoms with van der Waals surface area (Å²) in [4.78, 5) is 0. The molecule has 2 unspecified atom stereocenters. The van der Waals surface area contributed by atoms with Gasteiger partial charge in [-0.25, -0.2) is 0 Å². The standard InChI is InChI=1S/C7H13N/c1-7-3-2-6(7)4-8-5-7/h6,8H,2-5H2,1H3. The van der Waals surface area contributed by atoms with Crippen LogP contribution in [0.15, 0.2) is 0 Å². The quantitative estimate of drug-likeness (QED) is 0.492. The summed E-state index contributed by atoms with van der Waals surface area (Å²) in [5, 5.41) is 3.42. The van der Waals surface area contributed by atoms with E-state index in [1.165, 1.54) is 25.9 Å². The van der Waals surface area contributed by atoms with E-state index in [9.17, 15) is 0 Å². The maximum absolute atomic E-state index is 3.42. The fourth-order valence-electron chi connectivity index (χ4n) is 1.95. The lowest BCUT2D eigenvalue weighted by molar-refractivity contribution is 0.110. The summed E-state index contributed by atoms with van der Waals surface area (Å²) in [6, 6.07) is 0. The maximum atomic E-state index is 3.42. The van der Waals surface area contributed by atoms with E-state index >= 15 is 0 Å². The van der Waals surface area contributed by atoms with E-state index in [1.807, 2.05) is 0 Å². The van der Waals surface area contributed by atoms with Crippen molar-refractivity contribution in [1.29, 1.82) is 0 Å². The van der Waals surface area contributed by atoms with Gasteiger partial charge in [-0.15, -0.1) is 0 Å². The Morgan fingerprint density at radius 1 is 1.62 bits per heavy atom. The van der Waals surface area contributed by atoms with E-state index in [4.69, 9.17) is 0 Å². The van der Waals surface area contributed by atoms with Crippen LogP contribution < -0.4 is 5.32 Å². The van der Waals surface area contributed by atoms with E-state index in [0.29, 0.717) is 0 Å². The zero-order chi connectivity index (χ0) is 5.61. The molecule has 1 aliphatic carbocycles. The zero-order valence-electron chi connectivity index (χ0n) is 5.41. The van der Waals surface area contributed by atoms with Crippen molar-refractivity contribution >= 4 is 0 Å². The Morgan fingerprint density at radius 2 is 2.50 bits per heavy atom. The molecule has 2 fully saturated rings. The minimum atomic E-state index is 0.722. The van der Waals surface area contributed by atoms with Gasteiger partial charge in [-0.3, -0.25) is 0 Å². The van der Waals surface area contributed by atoms with Crippen LogP contribution in [0.2, 0.25) is 0 Å². The second-order valence-electron chi connectivity index (χ2n) is 3.52. The van der Waals surface area contributed by atoms with E-state index in [1.54, 1.807) is 0 Å². The highest BCUT2D eigenvalue weighted by Crippen LogP contribution is 2.48. The molecule has 1 heteroatoms. The van der Waals surface area contributed by atoms with Crippen LogP contribution in [0, 0.1) is 11.3 Å². The Kier molecular flexibility index (Phi) is 0.762. The Hall–Kier alpha value is -0.0400. The SMILES string of the molecule is CC12CCC1CNC2. The lowest BCUT2D eigenvalue weighted by Crippen LogP contribution is -2.35. The minimum Gasteiger partial charge on any atom is -0.316 e. The van der Waals surface area contributed by atoms with Gasteiger partial charge in [0, 0.05) is 6.54 Å². The first kappa shape index (κ1) is 4.80. The van der Waals surface area contributed by atoms with Gasteiger partial charge in [0.1, 0.15) is 0 Å². The van der Waals surface area contributed by atoms with Crippen molar-refractivity contribution in [3.63, 3.8) is 0 Å². The molecule has 8 heavy (non-hydrogen) atoms. The topological polar surface area (TPSA) is 12.0 Å². The fraction of sp³-hybridized carbons (Fsp3) is 1.00.